The number of fused-ring (bicyclic) bond motifs is 1. The second kappa shape index (κ2) is 7.77. The number of anilines is 1. The summed E-state index contributed by atoms with van der Waals surface area (Å²) in [4.78, 5) is 12.6. The largest absolute Gasteiger partial charge is 0.488 e. The average Bonchev–Trinajstić information content (AvgIpc) is 3.15. The molecule has 0 bridgehead atoms. The zero-order valence-corrected chi connectivity index (χ0v) is 16.3. The Kier molecular flexibility index (Phi) is 5.22. The summed E-state index contributed by atoms with van der Waals surface area (Å²) < 4.78 is 5.79. The van der Waals surface area contributed by atoms with Crippen LogP contribution in [-0.2, 0) is 11.2 Å². The lowest BCUT2D eigenvalue weighted by Crippen LogP contribution is -2.21. The van der Waals surface area contributed by atoms with Gasteiger partial charge >= 0.3 is 0 Å². The second-order valence-electron chi connectivity index (χ2n) is 7.60. The highest BCUT2D eigenvalue weighted by Gasteiger charge is 2.20. The molecule has 1 saturated carbocycles. The van der Waals surface area contributed by atoms with Crippen molar-refractivity contribution in [1.82, 2.24) is 0 Å². The van der Waals surface area contributed by atoms with E-state index in [1.54, 1.807) is 0 Å². The number of carbonyl (C=O) groups excluding carboxylic acids is 1. The molecule has 3 nitrogen and oxygen atoms in total. The van der Waals surface area contributed by atoms with Gasteiger partial charge in [0.2, 0.25) is 0 Å². The third kappa shape index (κ3) is 4.19. The topological polar surface area (TPSA) is 38.3 Å². The predicted molar refractivity (Wildman–Crippen MR) is 110 cm³/mol. The van der Waals surface area contributed by atoms with Crippen LogP contribution in [0.15, 0.2) is 42.0 Å². The van der Waals surface area contributed by atoms with Gasteiger partial charge in [-0.05, 0) is 60.7 Å². The fourth-order valence-electron chi connectivity index (χ4n) is 4.05. The van der Waals surface area contributed by atoms with Crippen molar-refractivity contribution in [2.75, 3.05) is 11.9 Å². The van der Waals surface area contributed by atoms with Gasteiger partial charge in [0.25, 0.3) is 5.91 Å². The van der Waals surface area contributed by atoms with Crippen LogP contribution in [-0.4, -0.2) is 12.5 Å². The second-order valence-corrected chi connectivity index (χ2v) is 8.04. The molecule has 1 fully saturated rings. The van der Waals surface area contributed by atoms with Gasteiger partial charge in [-0.3, -0.25) is 4.79 Å². The zero-order valence-electron chi connectivity index (χ0n) is 15.6. The Bertz CT molecular complexity index is 880. The van der Waals surface area contributed by atoms with Gasteiger partial charge in [0, 0.05) is 16.3 Å². The number of ether oxygens (including phenoxy) is 1. The van der Waals surface area contributed by atoms with Gasteiger partial charge in [0.05, 0.1) is 5.57 Å². The van der Waals surface area contributed by atoms with Gasteiger partial charge in [-0.15, -0.1) is 0 Å². The van der Waals surface area contributed by atoms with Crippen molar-refractivity contribution in [3.8, 4) is 5.75 Å². The summed E-state index contributed by atoms with van der Waals surface area (Å²) in [6.07, 6.45) is 8.43. The number of aryl methyl sites for hydroxylation is 1. The molecule has 1 aliphatic carbocycles. The predicted octanol–water partition coefficient (Wildman–Crippen LogP) is 5.80. The molecule has 27 heavy (non-hydrogen) atoms. The third-order valence-electron chi connectivity index (χ3n) is 5.47. The Labute approximate surface area is 165 Å². The number of nitrogens with one attached hydrogen (secondary N) is 1. The van der Waals surface area contributed by atoms with Crippen LogP contribution in [0.2, 0.25) is 5.02 Å². The van der Waals surface area contributed by atoms with E-state index in [0.29, 0.717) is 10.6 Å². The van der Waals surface area contributed by atoms with Crippen molar-refractivity contribution in [2.45, 2.75) is 39.0 Å². The number of hydrogen-bond donors (Lipinski definition) is 1. The normalized spacial score (nSPS) is 16.4. The molecule has 1 heterocycles. The highest BCUT2D eigenvalue weighted by molar-refractivity contribution is 6.31. The number of benzene rings is 2. The minimum atomic E-state index is -0.137. The first-order valence-electron chi connectivity index (χ1n) is 9.62. The van der Waals surface area contributed by atoms with Crippen LogP contribution >= 0.6 is 11.6 Å². The lowest BCUT2D eigenvalue weighted by molar-refractivity contribution is -0.113. The van der Waals surface area contributed by atoms with Crippen molar-refractivity contribution in [3.05, 3.63) is 63.7 Å². The molecule has 0 aromatic heterocycles. The van der Waals surface area contributed by atoms with Crippen LogP contribution < -0.4 is 10.1 Å². The molecule has 0 atom stereocenters. The Morgan fingerprint density at radius 3 is 2.67 bits per heavy atom. The number of rotatable bonds is 4. The molecular weight excluding hydrogens is 358 g/mol. The van der Waals surface area contributed by atoms with Gasteiger partial charge in [-0.1, -0.05) is 49.4 Å². The van der Waals surface area contributed by atoms with Crippen molar-refractivity contribution >= 4 is 29.3 Å². The average molecular weight is 382 g/mol. The van der Waals surface area contributed by atoms with Gasteiger partial charge in [0.1, 0.15) is 12.4 Å². The van der Waals surface area contributed by atoms with E-state index >= 15 is 0 Å². The lowest BCUT2D eigenvalue weighted by Gasteiger charge is -2.20. The Hall–Kier alpha value is -2.26. The van der Waals surface area contributed by atoms with Crippen LogP contribution in [0.25, 0.3) is 6.08 Å². The Morgan fingerprint density at radius 1 is 1.19 bits per heavy atom. The highest BCUT2D eigenvalue weighted by Crippen LogP contribution is 2.33. The first-order valence-corrected chi connectivity index (χ1v) is 10.00. The minimum absolute atomic E-state index is 0.137. The van der Waals surface area contributed by atoms with Crippen molar-refractivity contribution < 1.29 is 9.53 Å². The minimum Gasteiger partial charge on any atom is -0.488 e. The maximum absolute atomic E-state index is 12.6. The molecule has 0 saturated heterocycles. The Morgan fingerprint density at radius 2 is 1.93 bits per heavy atom. The molecule has 2 aromatic rings. The van der Waals surface area contributed by atoms with E-state index in [1.807, 2.05) is 37.3 Å². The summed E-state index contributed by atoms with van der Waals surface area (Å²) in [5.41, 5.74) is 4.58. The molecular formula is C23H24ClNO2. The fraction of sp³-hybridized carbons (Fsp3) is 0.348. The smallest absolute Gasteiger partial charge is 0.255 e. The molecule has 4 rings (SSSR count). The molecule has 140 valence electrons. The van der Waals surface area contributed by atoms with Gasteiger partial charge in [-0.2, -0.15) is 0 Å². The van der Waals surface area contributed by atoms with E-state index in [4.69, 9.17) is 16.3 Å². The lowest BCUT2D eigenvalue weighted by atomic mass is 9.98. The van der Waals surface area contributed by atoms with E-state index in [0.717, 1.165) is 34.9 Å². The van der Waals surface area contributed by atoms with E-state index in [2.05, 4.69) is 17.4 Å². The van der Waals surface area contributed by atoms with Gasteiger partial charge in [-0.25, -0.2) is 0 Å². The highest BCUT2D eigenvalue weighted by atomic mass is 35.5. The number of halogens is 1. The summed E-state index contributed by atoms with van der Waals surface area (Å²) in [5, 5.41) is 3.62. The summed E-state index contributed by atoms with van der Waals surface area (Å²) in [5.74, 6) is 1.49. The Balaban J connectivity index is 1.43. The number of carbonyl (C=O) groups is 1. The SMILES string of the molecule is Cc1cc(Cl)cc2c1OCC(C(=O)Nc1ccc(CC3CCCC3)cc1)=C2. The number of hydrogen-bond acceptors (Lipinski definition) is 2. The standard InChI is InChI=1S/C23H24ClNO2/c1-15-10-20(24)13-18-12-19(14-27-22(15)18)23(26)25-21-8-6-17(7-9-21)11-16-4-2-3-5-16/h6-10,12-13,16H,2-5,11,14H2,1H3,(H,25,26). The van der Waals surface area contributed by atoms with E-state index in [9.17, 15) is 4.79 Å². The summed E-state index contributed by atoms with van der Waals surface area (Å²) in [6, 6.07) is 11.9. The molecule has 4 heteroatoms. The summed E-state index contributed by atoms with van der Waals surface area (Å²) in [7, 11) is 0. The van der Waals surface area contributed by atoms with Crippen molar-refractivity contribution in [3.63, 3.8) is 0 Å². The molecule has 1 N–H and O–H groups in total. The molecule has 1 aliphatic heterocycles. The maximum Gasteiger partial charge on any atom is 0.255 e. The van der Waals surface area contributed by atoms with E-state index < -0.39 is 0 Å². The molecule has 2 aliphatic rings. The molecule has 0 radical (unpaired) electrons. The van der Waals surface area contributed by atoms with Gasteiger partial charge in [0.15, 0.2) is 0 Å². The first-order chi connectivity index (χ1) is 13.1. The molecule has 0 unspecified atom stereocenters. The van der Waals surface area contributed by atoms with E-state index in [1.165, 1.54) is 31.2 Å². The molecule has 2 aromatic carbocycles. The van der Waals surface area contributed by atoms with Crippen LogP contribution in [0, 0.1) is 12.8 Å². The maximum atomic E-state index is 12.6. The third-order valence-corrected chi connectivity index (χ3v) is 5.69. The van der Waals surface area contributed by atoms with E-state index in [-0.39, 0.29) is 12.5 Å². The van der Waals surface area contributed by atoms with Crippen molar-refractivity contribution in [2.24, 2.45) is 5.92 Å². The van der Waals surface area contributed by atoms with Crippen LogP contribution in [0.1, 0.15) is 42.4 Å². The summed E-state index contributed by atoms with van der Waals surface area (Å²) >= 11 is 6.13. The van der Waals surface area contributed by atoms with Crippen LogP contribution in [0.4, 0.5) is 5.69 Å². The molecule has 1 amide bonds. The first kappa shape index (κ1) is 18.1. The van der Waals surface area contributed by atoms with Gasteiger partial charge < -0.3 is 10.1 Å². The van der Waals surface area contributed by atoms with Crippen LogP contribution in [0.3, 0.4) is 0 Å². The zero-order chi connectivity index (χ0) is 18.8. The summed E-state index contributed by atoms with van der Waals surface area (Å²) in [6.45, 7) is 2.22. The van der Waals surface area contributed by atoms with Crippen molar-refractivity contribution in [1.29, 1.82) is 0 Å². The fourth-order valence-corrected chi connectivity index (χ4v) is 4.34. The monoisotopic (exact) mass is 381 g/mol. The quantitative estimate of drug-likeness (QED) is 0.727. The number of amides is 1. The molecule has 0 spiro atoms. The van der Waals surface area contributed by atoms with Crippen LogP contribution in [0.5, 0.6) is 5.75 Å².